The Morgan fingerprint density at radius 1 is 1.35 bits per heavy atom. The van der Waals surface area contributed by atoms with Gasteiger partial charge in [-0.05, 0) is 18.8 Å². The van der Waals surface area contributed by atoms with Crippen LogP contribution in [0, 0.1) is 11.3 Å². The van der Waals surface area contributed by atoms with Crippen LogP contribution in [0.15, 0.2) is 0 Å². The molecule has 0 aromatic rings. The molecule has 0 aliphatic carbocycles. The van der Waals surface area contributed by atoms with Crippen molar-refractivity contribution in [2.24, 2.45) is 11.3 Å². The second-order valence-electron chi connectivity index (χ2n) is 5.50. The summed E-state index contributed by atoms with van der Waals surface area (Å²) in [5, 5.41) is 11.7. The third-order valence-corrected chi connectivity index (χ3v) is 2.53. The summed E-state index contributed by atoms with van der Waals surface area (Å²) >= 11 is 0. The molecule has 0 saturated heterocycles. The number of urea groups is 1. The Balaban J connectivity index is 4.29. The summed E-state index contributed by atoms with van der Waals surface area (Å²) in [6.45, 7) is 8.61. The first-order valence-electron chi connectivity index (χ1n) is 5.89. The fraction of sp³-hybridized carbons (Fsp3) is 0.833. The van der Waals surface area contributed by atoms with Crippen LogP contribution in [0.1, 0.15) is 34.1 Å². The lowest BCUT2D eigenvalue weighted by Gasteiger charge is -2.24. The summed E-state index contributed by atoms with van der Waals surface area (Å²) in [6.07, 6.45) is 0.540. The number of nitrogens with zero attached hydrogens (tertiary/aromatic N) is 1. The van der Waals surface area contributed by atoms with Crippen molar-refractivity contribution < 1.29 is 14.7 Å². The average molecular weight is 244 g/mol. The normalized spacial score (nSPS) is 13.0. The molecule has 5 nitrogen and oxygen atoms in total. The zero-order chi connectivity index (χ0) is 13.6. The van der Waals surface area contributed by atoms with Crippen molar-refractivity contribution in [1.82, 2.24) is 10.2 Å². The van der Waals surface area contributed by atoms with Crippen molar-refractivity contribution >= 4 is 12.0 Å². The Hall–Kier alpha value is -1.26. The number of amides is 2. The summed E-state index contributed by atoms with van der Waals surface area (Å²) in [6, 6.07) is -0.229. The minimum Gasteiger partial charge on any atom is -0.481 e. The lowest BCUT2D eigenvalue weighted by atomic mass is 9.84. The van der Waals surface area contributed by atoms with Gasteiger partial charge in [-0.1, -0.05) is 20.8 Å². The van der Waals surface area contributed by atoms with E-state index in [0.717, 1.165) is 0 Å². The lowest BCUT2D eigenvalue weighted by Crippen LogP contribution is -2.41. The molecule has 0 fully saturated rings. The molecule has 17 heavy (non-hydrogen) atoms. The van der Waals surface area contributed by atoms with E-state index in [0.29, 0.717) is 13.0 Å². The highest BCUT2D eigenvalue weighted by Gasteiger charge is 2.25. The molecular weight excluding hydrogens is 220 g/mol. The molecule has 0 aromatic heterocycles. The maximum atomic E-state index is 11.5. The fourth-order valence-corrected chi connectivity index (χ4v) is 1.48. The number of aliphatic carboxylic acids is 1. The van der Waals surface area contributed by atoms with Crippen LogP contribution in [0.4, 0.5) is 4.79 Å². The summed E-state index contributed by atoms with van der Waals surface area (Å²) in [7, 11) is 1.68. The predicted molar refractivity (Wildman–Crippen MR) is 66.9 cm³/mol. The van der Waals surface area contributed by atoms with Gasteiger partial charge >= 0.3 is 12.0 Å². The predicted octanol–water partition coefficient (Wildman–Crippen LogP) is 1.78. The van der Waals surface area contributed by atoms with E-state index in [1.807, 2.05) is 27.7 Å². The summed E-state index contributed by atoms with van der Waals surface area (Å²) in [5.74, 6) is -1.40. The smallest absolute Gasteiger partial charge is 0.317 e. The third-order valence-electron chi connectivity index (χ3n) is 2.53. The Bertz CT molecular complexity index is 271. The van der Waals surface area contributed by atoms with E-state index in [9.17, 15) is 9.59 Å². The Labute approximate surface area is 103 Å². The van der Waals surface area contributed by atoms with Crippen LogP contribution < -0.4 is 5.32 Å². The zero-order valence-electron chi connectivity index (χ0n) is 11.4. The van der Waals surface area contributed by atoms with E-state index in [2.05, 4.69) is 5.32 Å². The molecule has 2 amide bonds. The maximum absolute atomic E-state index is 11.5. The molecule has 0 radical (unpaired) electrons. The second-order valence-corrected chi connectivity index (χ2v) is 5.50. The van der Waals surface area contributed by atoms with Gasteiger partial charge < -0.3 is 15.3 Å². The summed E-state index contributed by atoms with van der Waals surface area (Å²) < 4.78 is 0. The first kappa shape index (κ1) is 15.7. The van der Waals surface area contributed by atoms with Crippen LogP contribution >= 0.6 is 0 Å². The van der Waals surface area contributed by atoms with Gasteiger partial charge in [0.05, 0.1) is 5.92 Å². The molecule has 2 N–H and O–H groups in total. The number of rotatable bonds is 5. The minimum atomic E-state index is -0.862. The van der Waals surface area contributed by atoms with Crippen LogP contribution in [-0.4, -0.2) is 42.1 Å². The molecule has 0 aromatic carbocycles. The van der Waals surface area contributed by atoms with E-state index < -0.39 is 11.9 Å². The number of hydrogen-bond acceptors (Lipinski definition) is 2. The molecule has 0 saturated carbocycles. The topological polar surface area (TPSA) is 69.6 Å². The van der Waals surface area contributed by atoms with Gasteiger partial charge in [0.15, 0.2) is 0 Å². The molecular formula is C12H24N2O3. The molecule has 1 unspecified atom stereocenters. The maximum Gasteiger partial charge on any atom is 0.317 e. The van der Waals surface area contributed by atoms with Crippen LogP contribution in [0.25, 0.3) is 0 Å². The molecule has 0 rings (SSSR count). The Morgan fingerprint density at radius 2 is 1.88 bits per heavy atom. The van der Waals surface area contributed by atoms with Crippen LogP contribution in [-0.2, 0) is 4.79 Å². The van der Waals surface area contributed by atoms with Crippen molar-refractivity contribution in [1.29, 1.82) is 0 Å². The van der Waals surface area contributed by atoms with E-state index >= 15 is 0 Å². The number of hydrogen-bond donors (Lipinski definition) is 2. The molecule has 5 heteroatoms. The van der Waals surface area contributed by atoms with Gasteiger partial charge in [-0.25, -0.2) is 4.79 Å². The highest BCUT2D eigenvalue weighted by atomic mass is 16.4. The minimum absolute atomic E-state index is 0.0650. The monoisotopic (exact) mass is 244 g/mol. The first-order chi connectivity index (χ1) is 7.67. The fourth-order valence-electron chi connectivity index (χ4n) is 1.48. The van der Waals surface area contributed by atoms with Gasteiger partial charge in [0, 0.05) is 20.1 Å². The van der Waals surface area contributed by atoms with Crippen molar-refractivity contribution in [3.63, 3.8) is 0 Å². The van der Waals surface area contributed by atoms with E-state index in [-0.39, 0.29) is 18.0 Å². The highest BCUT2D eigenvalue weighted by Crippen LogP contribution is 2.24. The second kappa shape index (κ2) is 6.47. The molecule has 1 atom stereocenters. The van der Waals surface area contributed by atoms with Crippen molar-refractivity contribution in [2.45, 2.75) is 34.1 Å². The quantitative estimate of drug-likeness (QED) is 0.774. The molecule has 100 valence electrons. The van der Waals surface area contributed by atoms with Gasteiger partial charge in [0.2, 0.25) is 0 Å². The number of carboxylic acids is 1. The number of nitrogens with one attached hydrogen (secondary N) is 1. The highest BCUT2D eigenvalue weighted by molar-refractivity contribution is 5.75. The van der Waals surface area contributed by atoms with Gasteiger partial charge in [-0.3, -0.25) is 4.79 Å². The number of carbonyl (C=O) groups excluding carboxylic acids is 1. The summed E-state index contributed by atoms with van der Waals surface area (Å²) in [5.41, 5.74) is -0.0650. The first-order valence-corrected chi connectivity index (χ1v) is 5.89. The number of carbonyl (C=O) groups is 2. The van der Waals surface area contributed by atoms with E-state index in [1.165, 1.54) is 4.90 Å². The molecule has 0 bridgehead atoms. The van der Waals surface area contributed by atoms with Gasteiger partial charge in [-0.2, -0.15) is 0 Å². The summed E-state index contributed by atoms with van der Waals surface area (Å²) in [4.78, 5) is 24.1. The standard InChI is InChI=1S/C12H24N2O3/c1-6-14(5)11(17)13-8-9(10(15)16)7-12(2,3)4/h9H,6-8H2,1-5H3,(H,13,17)(H,15,16). The number of carboxylic acid groups (broad SMARTS) is 1. The Kier molecular flexibility index (Phi) is 5.99. The molecule has 0 aliphatic rings. The SMILES string of the molecule is CCN(C)C(=O)NCC(CC(C)(C)C)C(=O)O. The van der Waals surface area contributed by atoms with Gasteiger partial charge in [0.1, 0.15) is 0 Å². The Morgan fingerprint density at radius 3 is 2.24 bits per heavy atom. The van der Waals surface area contributed by atoms with Gasteiger partial charge in [0.25, 0.3) is 0 Å². The zero-order valence-corrected chi connectivity index (χ0v) is 11.4. The average Bonchev–Trinajstić information content (AvgIpc) is 2.20. The largest absolute Gasteiger partial charge is 0.481 e. The van der Waals surface area contributed by atoms with Crippen LogP contribution in [0.5, 0.6) is 0 Å². The van der Waals surface area contributed by atoms with Gasteiger partial charge in [-0.15, -0.1) is 0 Å². The molecule has 0 heterocycles. The van der Waals surface area contributed by atoms with Crippen molar-refractivity contribution in [2.75, 3.05) is 20.1 Å². The third kappa shape index (κ3) is 6.81. The van der Waals surface area contributed by atoms with Crippen molar-refractivity contribution in [3.05, 3.63) is 0 Å². The van der Waals surface area contributed by atoms with Crippen LogP contribution in [0.3, 0.4) is 0 Å². The van der Waals surface area contributed by atoms with E-state index in [4.69, 9.17) is 5.11 Å². The molecule has 0 aliphatic heterocycles. The van der Waals surface area contributed by atoms with Crippen LogP contribution in [0.2, 0.25) is 0 Å². The lowest BCUT2D eigenvalue weighted by molar-refractivity contribution is -0.142. The van der Waals surface area contributed by atoms with Crippen molar-refractivity contribution in [3.8, 4) is 0 Å². The molecule has 0 spiro atoms. The van der Waals surface area contributed by atoms with E-state index in [1.54, 1.807) is 7.05 Å².